The van der Waals surface area contributed by atoms with E-state index >= 15 is 0 Å². The van der Waals surface area contributed by atoms with E-state index < -0.39 is 0 Å². The van der Waals surface area contributed by atoms with Gasteiger partial charge in [0.2, 0.25) is 11.8 Å². The quantitative estimate of drug-likeness (QED) is 0.509. The van der Waals surface area contributed by atoms with Crippen LogP contribution >= 0.6 is 23.2 Å². The van der Waals surface area contributed by atoms with Crippen LogP contribution in [0, 0.1) is 0 Å². The topological polar surface area (TPSA) is 58.2 Å². The van der Waals surface area contributed by atoms with Crippen molar-refractivity contribution in [2.75, 3.05) is 13.1 Å². The lowest BCUT2D eigenvalue weighted by molar-refractivity contribution is -0.116. The minimum atomic E-state index is -0.192. The summed E-state index contributed by atoms with van der Waals surface area (Å²) in [5.74, 6) is -0.385. The number of nitrogens with one attached hydrogen (secondary N) is 2. The smallest absolute Gasteiger partial charge is 0.244 e. The minimum Gasteiger partial charge on any atom is -0.352 e. The van der Waals surface area contributed by atoms with Crippen LogP contribution in [0.1, 0.15) is 17.5 Å². The number of amides is 2. The molecule has 0 aliphatic carbocycles. The van der Waals surface area contributed by atoms with Crippen LogP contribution < -0.4 is 10.6 Å². The Morgan fingerprint density at radius 3 is 1.63 bits per heavy atom. The van der Waals surface area contributed by atoms with Gasteiger partial charge in [-0.05, 0) is 54.0 Å². The normalized spacial score (nSPS) is 11.0. The van der Waals surface area contributed by atoms with E-state index in [0.717, 1.165) is 11.1 Å². The van der Waals surface area contributed by atoms with Gasteiger partial charge in [0, 0.05) is 35.3 Å². The Bertz CT molecular complexity index is 778. The first-order valence-corrected chi connectivity index (χ1v) is 9.21. The van der Waals surface area contributed by atoms with Gasteiger partial charge in [0.15, 0.2) is 0 Å². The molecular weight excluding hydrogens is 383 g/mol. The van der Waals surface area contributed by atoms with Gasteiger partial charge in [-0.25, -0.2) is 0 Å². The van der Waals surface area contributed by atoms with Crippen LogP contribution in [0.25, 0.3) is 12.2 Å². The molecule has 2 amide bonds. The Kier molecular flexibility index (Phi) is 8.62. The van der Waals surface area contributed by atoms with Gasteiger partial charge in [-0.2, -0.15) is 0 Å². The molecule has 0 radical (unpaired) electrons. The number of rotatable bonds is 8. The third-order valence-corrected chi connectivity index (χ3v) is 3.97. The second-order valence-electron chi connectivity index (χ2n) is 5.71. The molecule has 0 bridgehead atoms. The molecule has 0 aliphatic heterocycles. The highest BCUT2D eigenvalue weighted by Crippen LogP contribution is 2.12. The summed E-state index contributed by atoms with van der Waals surface area (Å²) in [7, 11) is 0. The fourth-order valence-electron chi connectivity index (χ4n) is 2.19. The largest absolute Gasteiger partial charge is 0.352 e. The van der Waals surface area contributed by atoms with Crippen LogP contribution in [0.5, 0.6) is 0 Å². The molecular formula is C21H20Cl2N2O2. The molecule has 2 aromatic carbocycles. The molecule has 0 fully saturated rings. The molecule has 0 unspecified atom stereocenters. The zero-order valence-corrected chi connectivity index (χ0v) is 16.1. The molecule has 0 spiro atoms. The predicted molar refractivity (Wildman–Crippen MR) is 112 cm³/mol. The fraction of sp³-hybridized carbons (Fsp3) is 0.143. The van der Waals surface area contributed by atoms with Gasteiger partial charge in [0.05, 0.1) is 0 Å². The van der Waals surface area contributed by atoms with Crippen LogP contribution in [0.15, 0.2) is 60.7 Å². The van der Waals surface area contributed by atoms with Crippen LogP contribution in [-0.4, -0.2) is 24.9 Å². The van der Waals surface area contributed by atoms with E-state index in [-0.39, 0.29) is 11.8 Å². The first-order chi connectivity index (χ1) is 13.0. The highest BCUT2D eigenvalue weighted by atomic mass is 35.5. The van der Waals surface area contributed by atoms with Crippen molar-refractivity contribution in [1.29, 1.82) is 0 Å². The number of carbonyl (C=O) groups is 2. The number of halogens is 2. The molecule has 0 heterocycles. The van der Waals surface area contributed by atoms with E-state index in [1.807, 2.05) is 24.3 Å². The lowest BCUT2D eigenvalue weighted by Crippen LogP contribution is -2.28. The SMILES string of the molecule is O=C(C=Cc1cccc(Cl)c1)NCCCNC(=O)C=Cc1cccc(Cl)c1. The van der Waals surface area contributed by atoms with Crippen molar-refractivity contribution >= 4 is 47.2 Å². The molecule has 4 nitrogen and oxygen atoms in total. The Morgan fingerprint density at radius 2 is 1.22 bits per heavy atom. The molecule has 27 heavy (non-hydrogen) atoms. The highest BCUT2D eigenvalue weighted by molar-refractivity contribution is 6.31. The summed E-state index contributed by atoms with van der Waals surface area (Å²) in [4.78, 5) is 23.5. The van der Waals surface area contributed by atoms with Gasteiger partial charge in [-0.15, -0.1) is 0 Å². The summed E-state index contributed by atoms with van der Waals surface area (Å²) in [5.41, 5.74) is 1.72. The van der Waals surface area contributed by atoms with Crippen molar-refractivity contribution in [2.24, 2.45) is 0 Å². The minimum absolute atomic E-state index is 0.192. The Labute approximate surface area is 168 Å². The Morgan fingerprint density at radius 1 is 0.778 bits per heavy atom. The second-order valence-corrected chi connectivity index (χ2v) is 6.59. The maximum Gasteiger partial charge on any atom is 0.244 e. The Hall–Kier alpha value is -2.56. The third-order valence-electron chi connectivity index (χ3n) is 3.50. The van der Waals surface area contributed by atoms with E-state index in [0.29, 0.717) is 29.6 Å². The summed E-state index contributed by atoms with van der Waals surface area (Å²) >= 11 is 11.8. The lowest BCUT2D eigenvalue weighted by Gasteiger charge is -2.03. The second kappa shape index (κ2) is 11.2. The van der Waals surface area contributed by atoms with Gasteiger partial charge in [-0.1, -0.05) is 47.5 Å². The molecule has 0 aromatic heterocycles. The van der Waals surface area contributed by atoms with Crippen molar-refractivity contribution < 1.29 is 9.59 Å². The summed E-state index contributed by atoms with van der Waals surface area (Å²) in [6, 6.07) is 14.5. The van der Waals surface area contributed by atoms with Crippen LogP contribution in [-0.2, 0) is 9.59 Å². The van der Waals surface area contributed by atoms with Gasteiger partial charge in [-0.3, -0.25) is 9.59 Å². The summed E-state index contributed by atoms with van der Waals surface area (Å²) in [5, 5.41) is 6.77. The van der Waals surface area contributed by atoms with Crippen molar-refractivity contribution in [1.82, 2.24) is 10.6 Å². The highest BCUT2D eigenvalue weighted by Gasteiger charge is 1.98. The van der Waals surface area contributed by atoms with Crippen molar-refractivity contribution in [3.63, 3.8) is 0 Å². The van der Waals surface area contributed by atoms with Gasteiger partial charge >= 0.3 is 0 Å². The molecule has 6 heteroatoms. The zero-order chi connectivity index (χ0) is 19.5. The first kappa shape index (κ1) is 20.7. The van der Waals surface area contributed by atoms with Crippen molar-refractivity contribution in [3.05, 3.63) is 81.9 Å². The average molecular weight is 403 g/mol. The average Bonchev–Trinajstić information content (AvgIpc) is 2.64. The van der Waals surface area contributed by atoms with E-state index in [1.165, 1.54) is 12.2 Å². The van der Waals surface area contributed by atoms with Crippen molar-refractivity contribution in [2.45, 2.75) is 6.42 Å². The molecule has 140 valence electrons. The van der Waals surface area contributed by atoms with Gasteiger partial charge in [0.1, 0.15) is 0 Å². The van der Waals surface area contributed by atoms with Gasteiger partial charge in [0.25, 0.3) is 0 Å². The lowest BCUT2D eigenvalue weighted by atomic mass is 10.2. The van der Waals surface area contributed by atoms with Crippen LogP contribution in [0.3, 0.4) is 0 Å². The van der Waals surface area contributed by atoms with E-state index in [9.17, 15) is 9.59 Å². The maximum atomic E-state index is 11.7. The molecule has 0 saturated carbocycles. The van der Waals surface area contributed by atoms with Crippen molar-refractivity contribution in [3.8, 4) is 0 Å². The van der Waals surface area contributed by atoms with E-state index in [1.54, 1.807) is 36.4 Å². The molecule has 2 rings (SSSR count). The van der Waals surface area contributed by atoms with Crippen LogP contribution in [0.4, 0.5) is 0 Å². The number of carbonyl (C=O) groups excluding carboxylic acids is 2. The molecule has 0 aliphatic rings. The number of hydrogen-bond acceptors (Lipinski definition) is 2. The third kappa shape index (κ3) is 8.58. The summed E-state index contributed by atoms with van der Waals surface area (Å²) < 4.78 is 0. The monoisotopic (exact) mass is 402 g/mol. The first-order valence-electron chi connectivity index (χ1n) is 8.46. The predicted octanol–water partition coefficient (Wildman–Crippen LogP) is 4.34. The Balaban J connectivity index is 1.62. The summed E-state index contributed by atoms with van der Waals surface area (Å²) in [6.45, 7) is 0.939. The standard InChI is InChI=1S/C21H20Cl2N2O2/c22-18-6-1-4-16(14-18)8-10-20(26)24-12-3-13-25-21(27)11-9-17-5-2-7-19(23)15-17/h1-2,4-11,14-15H,3,12-13H2,(H,24,26)(H,25,27). The van der Waals surface area contributed by atoms with Crippen LogP contribution in [0.2, 0.25) is 10.0 Å². The van der Waals surface area contributed by atoms with E-state index in [2.05, 4.69) is 10.6 Å². The summed E-state index contributed by atoms with van der Waals surface area (Å²) in [6.07, 6.45) is 6.94. The zero-order valence-electron chi connectivity index (χ0n) is 14.6. The molecule has 0 atom stereocenters. The maximum absolute atomic E-state index is 11.7. The fourth-order valence-corrected chi connectivity index (χ4v) is 2.59. The number of benzene rings is 2. The van der Waals surface area contributed by atoms with E-state index in [4.69, 9.17) is 23.2 Å². The molecule has 2 N–H and O–H groups in total. The van der Waals surface area contributed by atoms with Gasteiger partial charge < -0.3 is 10.6 Å². The molecule has 2 aromatic rings. The molecule has 0 saturated heterocycles. The number of hydrogen-bond donors (Lipinski definition) is 2.